The van der Waals surface area contributed by atoms with E-state index in [-0.39, 0.29) is 11.8 Å². The minimum Gasteiger partial charge on any atom is -0.355 e. The molecule has 18 heavy (non-hydrogen) atoms. The Morgan fingerprint density at radius 3 is 3.28 bits per heavy atom. The smallest absolute Gasteiger partial charge is 0.224 e. The number of hydrogen-bond donors (Lipinski definition) is 2. The average molecular weight is 269 g/mol. The van der Waals surface area contributed by atoms with Gasteiger partial charge in [0.15, 0.2) is 0 Å². The first-order valence-electron chi connectivity index (χ1n) is 6.25. The number of piperidine rings is 1. The number of carbonyl (C=O) groups excluding carboxylic acids is 1. The Morgan fingerprint density at radius 2 is 2.56 bits per heavy atom. The molecule has 3 N–H and O–H groups in total. The van der Waals surface area contributed by atoms with Gasteiger partial charge in [-0.2, -0.15) is 0 Å². The number of nitrogens with one attached hydrogen (secondary N) is 1. The molecule has 1 saturated heterocycles. The van der Waals surface area contributed by atoms with E-state index in [0.29, 0.717) is 13.1 Å². The lowest BCUT2D eigenvalue weighted by Crippen LogP contribution is -2.43. The van der Waals surface area contributed by atoms with E-state index < -0.39 is 0 Å². The summed E-state index contributed by atoms with van der Waals surface area (Å²) in [5.41, 5.74) is 6.37. The highest BCUT2D eigenvalue weighted by atomic mass is 32.1. The molecule has 1 amide bonds. The molecule has 1 atom stereocenters. The Kier molecular flexibility index (Phi) is 5.03. The lowest BCUT2D eigenvalue weighted by Gasteiger charge is -2.31. The van der Waals surface area contributed by atoms with Gasteiger partial charge in [-0.15, -0.1) is 5.10 Å². The van der Waals surface area contributed by atoms with Crippen LogP contribution in [0.2, 0.25) is 0 Å². The second-order valence-electron chi connectivity index (χ2n) is 4.55. The molecule has 100 valence electrons. The monoisotopic (exact) mass is 269 g/mol. The van der Waals surface area contributed by atoms with Crippen molar-refractivity contribution in [1.82, 2.24) is 19.8 Å². The molecule has 2 heterocycles. The lowest BCUT2D eigenvalue weighted by atomic mass is 9.97. The van der Waals surface area contributed by atoms with Crippen molar-refractivity contribution in [3.63, 3.8) is 0 Å². The molecular weight excluding hydrogens is 250 g/mol. The van der Waals surface area contributed by atoms with E-state index in [0.717, 1.165) is 38.2 Å². The van der Waals surface area contributed by atoms with Crippen molar-refractivity contribution >= 4 is 17.4 Å². The van der Waals surface area contributed by atoms with Crippen molar-refractivity contribution in [1.29, 1.82) is 0 Å². The zero-order valence-corrected chi connectivity index (χ0v) is 11.2. The van der Waals surface area contributed by atoms with E-state index in [1.807, 2.05) is 5.38 Å². The molecule has 0 bridgehead atoms. The molecule has 0 aliphatic carbocycles. The zero-order chi connectivity index (χ0) is 12.8. The van der Waals surface area contributed by atoms with Crippen LogP contribution in [0.5, 0.6) is 0 Å². The molecule has 1 fully saturated rings. The molecule has 1 aromatic rings. The van der Waals surface area contributed by atoms with Gasteiger partial charge in [-0.05, 0) is 30.9 Å². The predicted octanol–water partition coefficient (Wildman–Crippen LogP) is -0.175. The molecule has 1 unspecified atom stereocenters. The number of nitrogens with zero attached hydrogens (tertiary/aromatic N) is 3. The summed E-state index contributed by atoms with van der Waals surface area (Å²) >= 11 is 1.37. The fourth-order valence-electron chi connectivity index (χ4n) is 2.23. The SMILES string of the molecule is NCCNC(=O)C1CCCN(Cc2csnn2)C1. The summed E-state index contributed by atoms with van der Waals surface area (Å²) in [4.78, 5) is 14.2. The minimum absolute atomic E-state index is 0.0805. The van der Waals surface area contributed by atoms with Crippen molar-refractivity contribution in [2.75, 3.05) is 26.2 Å². The van der Waals surface area contributed by atoms with Gasteiger partial charge in [0.1, 0.15) is 0 Å². The van der Waals surface area contributed by atoms with Gasteiger partial charge in [-0.1, -0.05) is 4.49 Å². The first-order valence-corrected chi connectivity index (χ1v) is 7.09. The predicted molar refractivity (Wildman–Crippen MR) is 70.0 cm³/mol. The molecule has 0 saturated carbocycles. The maximum atomic E-state index is 11.9. The van der Waals surface area contributed by atoms with Crippen LogP contribution in [0.3, 0.4) is 0 Å². The lowest BCUT2D eigenvalue weighted by molar-refractivity contribution is -0.126. The van der Waals surface area contributed by atoms with E-state index in [9.17, 15) is 4.79 Å². The second kappa shape index (κ2) is 6.77. The summed E-state index contributed by atoms with van der Waals surface area (Å²) in [6, 6.07) is 0. The zero-order valence-electron chi connectivity index (χ0n) is 10.3. The first-order chi connectivity index (χ1) is 8.79. The molecule has 1 aromatic heterocycles. The number of hydrogen-bond acceptors (Lipinski definition) is 6. The Bertz CT molecular complexity index is 370. The summed E-state index contributed by atoms with van der Waals surface area (Å²) < 4.78 is 3.85. The van der Waals surface area contributed by atoms with Crippen LogP contribution in [0.25, 0.3) is 0 Å². The number of rotatable bonds is 5. The number of likely N-dealkylation sites (tertiary alicyclic amines) is 1. The van der Waals surface area contributed by atoms with Gasteiger partial charge in [0.05, 0.1) is 11.6 Å². The van der Waals surface area contributed by atoms with Crippen molar-refractivity contribution in [3.05, 3.63) is 11.1 Å². The molecule has 1 aliphatic rings. The third kappa shape index (κ3) is 3.72. The van der Waals surface area contributed by atoms with Crippen LogP contribution < -0.4 is 11.1 Å². The molecule has 7 heteroatoms. The molecule has 0 spiro atoms. The van der Waals surface area contributed by atoms with E-state index >= 15 is 0 Å². The van der Waals surface area contributed by atoms with E-state index in [1.54, 1.807) is 0 Å². The third-order valence-corrected chi connectivity index (χ3v) is 3.66. The Labute approximate surface area is 111 Å². The summed E-state index contributed by atoms with van der Waals surface area (Å²) in [7, 11) is 0. The van der Waals surface area contributed by atoms with Gasteiger partial charge in [0, 0.05) is 31.6 Å². The molecule has 0 aromatic carbocycles. The first kappa shape index (κ1) is 13.4. The molecule has 2 rings (SSSR count). The fourth-order valence-corrected chi connectivity index (χ4v) is 2.68. The van der Waals surface area contributed by atoms with Gasteiger partial charge < -0.3 is 11.1 Å². The maximum absolute atomic E-state index is 11.9. The van der Waals surface area contributed by atoms with Gasteiger partial charge in [-0.25, -0.2) is 0 Å². The largest absolute Gasteiger partial charge is 0.355 e. The fraction of sp³-hybridized carbons (Fsp3) is 0.727. The van der Waals surface area contributed by atoms with E-state index in [2.05, 4.69) is 19.8 Å². The van der Waals surface area contributed by atoms with Crippen LogP contribution >= 0.6 is 11.5 Å². The molecule has 1 aliphatic heterocycles. The van der Waals surface area contributed by atoms with Crippen molar-refractivity contribution < 1.29 is 4.79 Å². The quantitative estimate of drug-likeness (QED) is 0.775. The average Bonchev–Trinajstić information content (AvgIpc) is 2.89. The highest BCUT2D eigenvalue weighted by Crippen LogP contribution is 2.18. The van der Waals surface area contributed by atoms with Crippen molar-refractivity contribution in [2.45, 2.75) is 19.4 Å². The van der Waals surface area contributed by atoms with Gasteiger partial charge >= 0.3 is 0 Å². The second-order valence-corrected chi connectivity index (χ2v) is 5.16. The normalized spacial score (nSPS) is 20.8. The van der Waals surface area contributed by atoms with Crippen LogP contribution in [0.4, 0.5) is 0 Å². The Morgan fingerprint density at radius 1 is 1.67 bits per heavy atom. The Hall–Kier alpha value is -1.05. The number of amides is 1. The summed E-state index contributed by atoms with van der Waals surface area (Å²) in [6.07, 6.45) is 2.01. The van der Waals surface area contributed by atoms with Crippen LogP contribution in [0, 0.1) is 5.92 Å². The van der Waals surface area contributed by atoms with E-state index in [4.69, 9.17) is 5.73 Å². The highest BCUT2D eigenvalue weighted by molar-refractivity contribution is 7.03. The van der Waals surface area contributed by atoms with Gasteiger partial charge in [0.2, 0.25) is 5.91 Å². The number of nitrogens with two attached hydrogens (primary N) is 1. The van der Waals surface area contributed by atoms with Gasteiger partial charge in [0.25, 0.3) is 0 Å². The number of carbonyl (C=O) groups is 1. The highest BCUT2D eigenvalue weighted by Gasteiger charge is 2.25. The van der Waals surface area contributed by atoms with Crippen molar-refractivity contribution in [3.8, 4) is 0 Å². The van der Waals surface area contributed by atoms with Crippen LogP contribution in [0.1, 0.15) is 18.5 Å². The standard InChI is InChI=1S/C11H19N5OS/c12-3-4-13-11(17)9-2-1-5-16(6-9)7-10-8-18-15-14-10/h8-9H,1-7,12H2,(H,13,17). The van der Waals surface area contributed by atoms with Crippen LogP contribution in [-0.4, -0.2) is 46.6 Å². The van der Waals surface area contributed by atoms with Crippen molar-refractivity contribution in [2.24, 2.45) is 11.7 Å². The van der Waals surface area contributed by atoms with Crippen LogP contribution in [0.15, 0.2) is 5.38 Å². The van der Waals surface area contributed by atoms with Gasteiger partial charge in [-0.3, -0.25) is 9.69 Å². The molecular formula is C11H19N5OS. The number of aromatic nitrogens is 2. The summed E-state index contributed by atoms with van der Waals surface area (Å²) in [6.45, 7) is 3.67. The van der Waals surface area contributed by atoms with Crippen LogP contribution in [-0.2, 0) is 11.3 Å². The maximum Gasteiger partial charge on any atom is 0.224 e. The topological polar surface area (TPSA) is 84.1 Å². The summed E-state index contributed by atoms with van der Waals surface area (Å²) in [5, 5.41) is 8.86. The Balaban J connectivity index is 1.82. The molecule has 6 nitrogen and oxygen atoms in total. The molecule has 0 radical (unpaired) electrons. The minimum atomic E-state index is 0.0805. The van der Waals surface area contributed by atoms with E-state index in [1.165, 1.54) is 11.5 Å². The summed E-state index contributed by atoms with van der Waals surface area (Å²) in [5.74, 6) is 0.207. The third-order valence-electron chi connectivity index (χ3n) is 3.11.